The van der Waals surface area contributed by atoms with Crippen LogP contribution in [0.2, 0.25) is 0 Å². The van der Waals surface area contributed by atoms with Gasteiger partial charge in [0.15, 0.2) is 0 Å². The van der Waals surface area contributed by atoms with Gasteiger partial charge in [-0.2, -0.15) is 0 Å². The van der Waals surface area contributed by atoms with Crippen molar-refractivity contribution in [3.05, 3.63) is 71.8 Å². The molecule has 0 aliphatic heterocycles. The van der Waals surface area contributed by atoms with Crippen LogP contribution >= 0.6 is 0 Å². The van der Waals surface area contributed by atoms with Crippen LogP contribution in [-0.2, 0) is 10.3 Å². The first-order valence-corrected chi connectivity index (χ1v) is 8.92. The van der Waals surface area contributed by atoms with Gasteiger partial charge in [-0.25, -0.2) is 0 Å². The Bertz CT molecular complexity index is 651. The van der Waals surface area contributed by atoms with E-state index in [9.17, 15) is 4.79 Å². The van der Waals surface area contributed by atoms with Crippen LogP contribution in [0.4, 0.5) is 0 Å². The third kappa shape index (κ3) is 4.68. The topological polar surface area (TPSA) is 58.4 Å². The number of rotatable bonds is 8. The molecule has 0 fully saturated rings. The Balaban J connectivity index is 2.13. The molecule has 2 aromatic rings. The highest BCUT2D eigenvalue weighted by molar-refractivity contribution is 5.87. The molecule has 2 atom stereocenters. The van der Waals surface area contributed by atoms with Gasteiger partial charge < -0.3 is 11.1 Å². The van der Waals surface area contributed by atoms with Crippen LogP contribution < -0.4 is 11.1 Å². The molecule has 4 heteroatoms. The smallest absolute Gasteiger partial charge is 0.244 e. The van der Waals surface area contributed by atoms with Crippen LogP contribution in [0.3, 0.4) is 0 Å². The van der Waals surface area contributed by atoms with E-state index in [2.05, 4.69) is 36.2 Å². The molecule has 25 heavy (non-hydrogen) atoms. The SMILES string of the molecule is CCN(CC)C(CNC(=O)C(C)(N)c1ccccc1)c1ccccc1. The van der Waals surface area contributed by atoms with Crippen molar-refractivity contribution in [1.29, 1.82) is 0 Å². The van der Waals surface area contributed by atoms with Crippen molar-refractivity contribution in [2.45, 2.75) is 32.4 Å². The Labute approximate surface area is 151 Å². The van der Waals surface area contributed by atoms with Gasteiger partial charge in [-0.3, -0.25) is 9.69 Å². The van der Waals surface area contributed by atoms with Gasteiger partial charge in [-0.15, -0.1) is 0 Å². The second-order valence-corrected chi connectivity index (χ2v) is 6.43. The highest BCUT2D eigenvalue weighted by Gasteiger charge is 2.31. The van der Waals surface area contributed by atoms with E-state index in [0.717, 1.165) is 18.7 Å². The number of hydrogen-bond acceptors (Lipinski definition) is 3. The van der Waals surface area contributed by atoms with Gasteiger partial charge in [0.25, 0.3) is 0 Å². The Kier molecular flexibility index (Phi) is 6.73. The van der Waals surface area contributed by atoms with Gasteiger partial charge in [-0.1, -0.05) is 74.5 Å². The predicted molar refractivity (Wildman–Crippen MR) is 103 cm³/mol. The van der Waals surface area contributed by atoms with E-state index in [1.807, 2.05) is 48.5 Å². The number of carbonyl (C=O) groups excluding carboxylic acids is 1. The average molecular weight is 339 g/mol. The second-order valence-electron chi connectivity index (χ2n) is 6.43. The van der Waals surface area contributed by atoms with Gasteiger partial charge in [0.2, 0.25) is 5.91 Å². The molecule has 0 aromatic heterocycles. The van der Waals surface area contributed by atoms with E-state index >= 15 is 0 Å². The van der Waals surface area contributed by atoms with Crippen molar-refractivity contribution in [1.82, 2.24) is 10.2 Å². The van der Waals surface area contributed by atoms with Crippen molar-refractivity contribution in [3.8, 4) is 0 Å². The van der Waals surface area contributed by atoms with E-state index in [4.69, 9.17) is 5.73 Å². The van der Waals surface area contributed by atoms with Crippen LogP contribution in [-0.4, -0.2) is 30.4 Å². The molecule has 2 unspecified atom stereocenters. The monoisotopic (exact) mass is 339 g/mol. The zero-order valence-corrected chi connectivity index (χ0v) is 15.4. The summed E-state index contributed by atoms with van der Waals surface area (Å²) >= 11 is 0. The minimum Gasteiger partial charge on any atom is -0.352 e. The van der Waals surface area contributed by atoms with E-state index in [-0.39, 0.29) is 11.9 Å². The number of benzene rings is 2. The van der Waals surface area contributed by atoms with Crippen LogP contribution in [0, 0.1) is 0 Å². The van der Waals surface area contributed by atoms with Crippen molar-refractivity contribution in [2.75, 3.05) is 19.6 Å². The minimum absolute atomic E-state index is 0.131. The van der Waals surface area contributed by atoms with E-state index in [0.29, 0.717) is 6.54 Å². The highest BCUT2D eigenvalue weighted by Crippen LogP contribution is 2.21. The number of amides is 1. The summed E-state index contributed by atoms with van der Waals surface area (Å²) in [6.07, 6.45) is 0. The molecular formula is C21H29N3O. The summed E-state index contributed by atoms with van der Waals surface area (Å²) in [5.74, 6) is -0.160. The molecule has 2 rings (SSSR count). The van der Waals surface area contributed by atoms with Gasteiger partial charge in [0.05, 0.1) is 6.04 Å². The molecule has 4 nitrogen and oxygen atoms in total. The standard InChI is InChI=1S/C21H29N3O/c1-4-24(5-2)19(17-12-8-6-9-13-17)16-23-20(25)21(3,22)18-14-10-7-11-15-18/h6-15,19H,4-5,16,22H2,1-3H3,(H,23,25). The molecule has 0 saturated heterocycles. The van der Waals surface area contributed by atoms with Crippen molar-refractivity contribution in [3.63, 3.8) is 0 Å². The van der Waals surface area contributed by atoms with Crippen LogP contribution in [0.15, 0.2) is 60.7 Å². The number of nitrogens with zero attached hydrogens (tertiary/aromatic N) is 1. The van der Waals surface area contributed by atoms with Gasteiger partial charge in [-0.05, 0) is 31.1 Å². The van der Waals surface area contributed by atoms with Crippen LogP contribution in [0.25, 0.3) is 0 Å². The molecule has 1 amide bonds. The lowest BCUT2D eigenvalue weighted by molar-refractivity contribution is -0.126. The Hall–Kier alpha value is -2.17. The number of nitrogens with two attached hydrogens (primary N) is 1. The quantitative estimate of drug-likeness (QED) is 0.777. The van der Waals surface area contributed by atoms with Crippen molar-refractivity contribution < 1.29 is 4.79 Å². The van der Waals surface area contributed by atoms with Crippen molar-refractivity contribution in [2.24, 2.45) is 5.73 Å². The normalized spacial score (nSPS) is 14.8. The molecule has 134 valence electrons. The fourth-order valence-corrected chi connectivity index (χ4v) is 3.09. The molecular weight excluding hydrogens is 310 g/mol. The summed E-state index contributed by atoms with van der Waals surface area (Å²) in [5.41, 5.74) is 7.28. The number of carbonyl (C=O) groups is 1. The lowest BCUT2D eigenvalue weighted by atomic mass is 9.92. The third-order valence-corrected chi connectivity index (χ3v) is 4.74. The fraction of sp³-hybridized carbons (Fsp3) is 0.381. The zero-order valence-electron chi connectivity index (χ0n) is 15.4. The maximum Gasteiger partial charge on any atom is 0.244 e. The van der Waals surface area contributed by atoms with Crippen LogP contribution in [0.5, 0.6) is 0 Å². The average Bonchev–Trinajstić information content (AvgIpc) is 2.66. The first-order chi connectivity index (χ1) is 12.0. The van der Waals surface area contributed by atoms with Gasteiger partial charge in [0.1, 0.15) is 5.54 Å². The summed E-state index contributed by atoms with van der Waals surface area (Å²) in [6.45, 7) is 8.41. The molecule has 0 saturated carbocycles. The molecule has 3 N–H and O–H groups in total. The highest BCUT2D eigenvalue weighted by atomic mass is 16.2. The zero-order chi connectivity index (χ0) is 18.3. The molecule has 2 aromatic carbocycles. The minimum atomic E-state index is -1.05. The van der Waals surface area contributed by atoms with E-state index < -0.39 is 5.54 Å². The lowest BCUT2D eigenvalue weighted by Crippen LogP contribution is -2.51. The first kappa shape index (κ1) is 19.2. The Morgan fingerprint density at radius 2 is 1.56 bits per heavy atom. The molecule has 0 spiro atoms. The van der Waals surface area contributed by atoms with E-state index in [1.54, 1.807) is 6.92 Å². The van der Waals surface area contributed by atoms with Gasteiger partial charge in [0, 0.05) is 6.54 Å². The van der Waals surface area contributed by atoms with E-state index in [1.165, 1.54) is 5.56 Å². The third-order valence-electron chi connectivity index (χ3n) is 4.74. The second kappa shape index (κ2) is 8.79. The first-order valence-electron chi connectivity index (χ1n) is 8.92. The summed E-state index contributed by atoms with van der Waals surface area (Å²) in [7, 11) is 0. The maximum atomic E-state index is 12.7. The number of likely N-dealkylation sites (N-methyl/N-ethyl adjacent to an activating group) is 1. The molecule has 0 heterocycles. The Morgan fingerprint density at radius 3 is 2.08 bits per heavy atom. The number of nitrogens with one attached hydrogen (secondary N) is 1. The summed E-state index contributed by atoms with van der Waals surface area (Å²) in [4.78, 5) is 15.1. The molecule has 0 radical (unpaired) electrons. The predicted octanol–water partition coefficient (Wildman–Crippen LogP) is 3.06. The summed E-state index contributed by atoms with van der Waals surface area (Å²) in [5, 5.41) is 3.06. The molecule has 0 bridgehead atoms. The molecule has 0 aliphatic carbocycles. The fourth-order valence-electron chi connectivity index (χ4n) is 3.09. The largest absolute Gasteiger partial charge is 0.352 e. The summed E-state index contributed by atoms with van der Waals surface area (Å²) in [6, 6.07) is 19.9. The Morgan fingerprint density at radius 1 is 1.04 bits per heavy atom. The van der Waals surface area contributed by atoms with Crippen LogP contribution in [0.1, 0.15) is 37.9 Å². The van der Waals surface area contributed by atoms with Crippen molar-refractivity contribution >= 4 is 5.91 Å². The number of hydrogen-bond donors (Lipinski definition) is 2. The molecule has 0 aliphatic rings. The van der Waals surface area contributed by atoms with Gasteiger partial charge >= 0.3 is 0 Å². The summed E-state index contributed by atoms with van der Waals surface area (Å²) < 4.78 is 0. The lowest BCUT2D eigenvalue weighted by Gasteiger charge is -2.32. The maximum absolute atomic E-state index is 12.7.